The molecule has 0 spiro atoms. The number of hydrogen-bond donors (Lipinski definition) is 1. The van der Waals surface area contributed by atoms with Crippen molar-refractivity contribution >= 4 is 39.0 Å². The molecule has 1 aliphatic heterocycles. The Balaban J connectivity index is 2.47. The summed E-state index contributed by atoms with van der Waals surface area (Å²) < 4.78 is 13.6. The number of halogens is 1. The summed E-state index contributed by atoms with van der Waals surface area (Å²) in [5.41, 5.74) is -0.0428. The van der Waals surface area contributed by atoms with E-state index in [1.165, 1.54) is 12.3 Å². The van der Waals surface area contributed by atoms with Gasteiger partial charge in [0.05, 0.1) is 10.6 Å². The Kier molecular flexibility index (Phi) is 3.01. The quantitative estimate of drug-likeness (QED) is 0.825. The normalized spacial score (nSPS) is 23.9. The summed E-state index contributed by atoms with van der Waals surface area (Å²) in [7, 11) is -2.36. The van der Waals surface area contributed by atoms with Gasteiger partial charge in [-0.25, -0.2) is 14.0 Å². The summed E-state index contributed by atoms with van der Waals surface area (Å²) in [4.78, 5) is 14.9. The molecule has 5 nitrogen and oxygen atoms in total. The zero-order valence-corrected chi connectivity index (χ0v) is 10.5. The van der Waals surface area contributed by atoms with Gasteiger partial charge in [0, 0.05) is 28.2 Å². The van der Waals surface area contributed by atoms with Crippen molar-refractivity contribution in [1.82, 2.24) is 4.98 Å². The largest absolute Gasteiger partial charge is 0.478 e. The third kappa shape index (κ3) is 2.23. The molecule has 1 aromatic rings. The summed E-state index contributed by atoms with van der Waals surface area (Å²) >= 11 is 5.72. The minimum Gasteiger partial charge on any atom is -0.478 e. The first-order chi connectivity index (χ1) is 7.92. The molecule has 0 radical (unpaired) electrons. The zero-order chi connectivity index (χ0) is 12.6. The fourth-order valence-corrected chi connectivity index (χ4v) is 3.61. The van der Waals surface area contributed by atoms with Crippen molar-refractivity contribution in [3.05, 3.63) is 22.8 Å². The second-order valence-electron chi connectivity index (χ2n) is 3.76. The standard InChI is InChI=1S/C10H11ClN2O3S/c1-17(16)4-2-3-13(17)9-5-7(10(14)15)8(11)6-12-9/h5-6H,1-4H2,(H,14,15). The van der Waals surface area contributed by atoms with E-state index in [1.807, 2.05) is 0 Å². The van der Waals surface area contributed by atoms with Crippen LogP contribution in [0.3, 0.4) is 0 Å². The van der Waals surface area contributed by atoms with Gasteiger partial charge in [0.15, 0.2) is 0 Å². The smallest absolute Gasteiger partial charge is 0.337 e. The van der Waals surface area contributed by atoms with Crippen LogP contribution in [0.4, 0.5) is 5.82 Å². The average Bonchev–Trinajstić information content (AvgIpc) is 2.58. The predicted molar refractivity (Wildman–Crippen MR) is 68.3 cm³/mol. The van der Waals surface area contributed by atoms with Gasteiger partial charge in [0.2, 0.25) is 0 Å². The van der Waals surface area contributed by atoms with E-state index in [0.29, 0.717) is 18.1 Å². The minimum absolute atomic E-state index is 0.0428. The summed E-state index contributed by atoms with van der Waals surface area (Å²) in [6.45, 7) is 0.566. The summed E-state index contributed by atoms with van der Waals surface area (Å²) in [5.74, 6) is 3.38. The van der Waals surface area contributed by atoms with E-state index < -0.39 is 15.7 Å². The highest BCUT2D eigenvalue weighted by Gasteiger charge is 2.25. The van der Waals surface area contributed by atoms with E-state index in [0.717, 1.165) is 6.42 Å². The molecule has 1 aromatic heterocycles. The zero-order valence-electron chi connectivity index (χ0n) is 8.93. The number of pyridine rings is 1. The highest BCUT2D eigenvalue weighted by Crippen LogP contribution is 2.25. The first-order valence-electron chi connectivity index (χ1n) is 4.93. The van der Waals surface area contributed by atoms with Crippen LogP contribution in [0.25, 0.3) is 0 Å². The van der Waals surface area contributed by atoms with E-state index in [1.54, 1.807) is 4.31 Å². The topological polar surface area (TPSA) is 70.5 Å². The van der Waals surface area contributed by atoms with Crippen LogP contribution in [0.15, 0.2) is 12.3 Å². The molecule has 1 saturated heterocycles. The predicted octanol–water partition coefficient (Wildman–Crippen LogP) is 1.27. The van der Waals surface area contributed by atoms with E-state index in [9.17, 15) is 9.00 Å². The van der Waals surface area contributed by atoms with Gasteiger partial charge in [-0.3, -0.25) is 4.31 Å². The second-order valence-corrected chi connectivity index (χ2v) is 6.56. The monoisotopic (exact) mass is 274 g/mol. The molecule has 0 bridgehead atoms. The number of carboxylic acid groups (broad SMARTS) is 1. The van der Waals surface area contributed by atoms with Crippen molar-refractivity contribution in [2.24, 2.45) is 0 Å². The fourth-order valence-electron chi connectivity index (χ4n) is 1.72. The first kappa shape index (κ1) is 12.2. The van der Waals surface area contributed by atoms with E-state index in [4.69, 9.17) is 16.7 Å². The SMILES string of the molecule is C=S1(=O)CCCN1c1cc(C(=O)O)c(Cl)cn1. The van der Waals surface area contributed by atoms with Crippen LogP contribution in [-0.4, -0.2) is 38.4 Å². The number of carbonyl (C=O) groups is 1. The van der Waals surface area contributed by atoms with Crippen molar-refractivity contribution in [3.8, 4) is 0 Å². The van der Waals surface area contributed by atoms with Crippen LogP contribution in [-0.2, 0) is 9.71 Å². The molecule has 1 unspecified atom stereocenters. The molecule has 92 valence electrons. The van der Waals surface area contributed by atoms with Crippen LogP contribution in [0.1, 0.15) is 16.8 Å². The van der Waals surface area contributed by atoms with E-state index >= 15 is 0 Å². The van der Waals surface area contributed by atoms with Crippen LogP contribution in [0, 0.1) is 0 Å². The van der Waals surface area contributed by atoms with Gasteiger partial charge >= 0.3 is 5.97 Å². The molecule has 2 heterocycles. The van der Waals surface area contributed by atoms with Crippen molar-refractivity contribution in [2.45, 2.75) is 6.42 Å². The Bertz CT molecular complexity index is 571. The van der Waals surface area contributed by atoms with Gasteiger partial charge in [-0.2, -0.15) is 0 Å². The van der Waals surface area contributed by atoms with Crippen LogP contribution in [0.2, 0.25) is 5.02 Å². The Labute approximate surface area is 104 Å². The summed E-state index contributed by atoms with van der Waals surface area (Å²) in [6, 6.07) is 1.33. The van der Waals surface area contributed by atoms with Gasteiger partial charge in [0.1, 0.15) is 5.82 Å². The number of aromatic carboxylic acids is 1. The van der Waals surface area contributed by atoms with Crippen molar-refractivity contribution in [1.29, 1.82) is 0 Å². The third-order valence-electron chi connectivity index (χ3n) is 2.55. The highest BCUT2D eigenvalue weighted by molar-refractivity contribution is 8.01. The molecule has 1 fully saturated rings. The fraction of sp³-hybridized carbons (Fsp3) is 0.300. The second kappa shape index (κ2) is 4.19. The Morgan fingerprint density at radius 2 is 2.35 bits per heavy atom. The molecular formula is C10H11ClN2O3S. The maximum Gasteiger partial charge on any atom is 0.337 e. The molecule has 1 aliphatic rings. The lowest BCUT2D eigenvalue weighted by Gasteiger charge is -2.19. The van der Waals surface area contributed by atoms with Crippen molar-refractivity contribution < 1.29 is 14.1 Å². The van der Waals surface area contributed by atoms with Crippen molar-refractivity contribution in [2.75, 3.05) is 16.6 Å². The molecule has 1 N–H and O–H groups in total. The van der Waals surface area contributed by atoms with Gasteiger partial charge in [-0.05, 0) is 18.4 Å². The summed E-state index contributed by atoms with van der Waals surface area (Å²) in [6.07, 6.45) is 2.02. The van der Waals surface area contributed by atoms with Crippen LogP contribution >= 0.6 is 11.6 Å². The maximum atomic E-state index is 12.1. The Morgan fingerprint density at radius 1 is 1.65 bits per heavy atom. The van der Waals surface area contributed by atoms with Crippen molar-refractivity contribution in [3.63, 3.8) is 0 Å². The minimum atomic E-state index is -2.36. The molecule has 0 aliphatic carbocycles. The number of nitrogens with zero attached hydrogens (tertiary/aromatic N) is 2. The molecule has 0 amide bonds. The number of aromatic nitrogens is 1. The highest BCUT2D eigenvalue weighted by atomic mass is 35.5. The van der Waals surface area contributed by atoms with E-state index in [-0.39, 0.29) is 10.6 Å². The Hall–Kier alpha value is -1.27. The molecule has 0 saturated carbocycles. The molecule has 7 heteroatoms. The molecule has 17 heavy (non-hydrogen) atoms. The number of hydrogen-bond acceptors (Lipinski definition) is 3. The number of carboxylic acids is 1. The van der Waals surface area contributed by atoms with Crippen LogP contribution in [0.5, 0.6) is 0 Å². The van der Waals surface area contributed by atoms with Gasteiger partial charge in [0.25, 0.3) is 0 Å². The lowest BCUT2D eigenvalue weighted by molar-refractivity contribution is 0.0697. The number of anilines is 1. The molecular weight excluding hydrogens is 264 g/mol. The molecule has 1 atom stereocenters. The van der Waals surface area contributed by atoms with E-state index in [2.05, 4.69) is 10.9 Å². The molecule has 0 aromatic carbocycles. The lowest BCUT2D eigenvalue weighted by atomic mass is 10.2. The van der Waals surface area contributed by atoms with Crippen LogP contribution < -0.4 is 4.31 Å². The average molecular weight is 275 g/mol. The third-order valence-corrected chi connectivity index (χ3v) is 4.95. The maximum absolute atomic E-state index is 12.1. The molecule has 2 rings (SSSR count). The Morgan fingerprint density at radius 3 is 2.88 bits per heavy atom. The van der Waals surface area contributed by atoms with Gasteiger partial charge in [-0.15, -0.1) is 0 Å². The summed E-state index contributed by atoms with van der Waals surface area (Å²) in [5, 5.41) is 9.01. The van der Waals surface area contributed by atoms with Gasteiger partial charge < -0.3 is 5.11 Å². The number of rotatable bonds is 2. The lowest BCUT2D eigenvalue weighted by Crippen LogP contribution is -2.26. The first-order valence-corrected chi connectivity index (χ1v) is 7.16. The van der Waals surface area contributed by atoms with Gasteiger partial charge in [-0.1, -0.05) is 11.6 Å².